The fourth-order valence-corrected chi connectivity index (χ4v) is 3.39. The van der Waals surface area contributed by atoms with E-state index in [-0.39, 0.29) is 35.3 Å². The molecule has 0 atom stereocenters. The number of benzene rings is 3. The molecule has 0 bridgehead atoms. The van der Waals surface area contributed by atoms with E-state index < -0.39 is 40.6 Å². The maximum absolute atomic E-state index is 13.9. The highest BCUT2D eigenvalue weighted by Crippen LogP contribution is 2.17. The quantitative estimate of drug-likeness (QED) is 0.323. The van der Waals surface area contributed by atoms with Crippen LogP contribution in [0.1, 0.15) is 27.2 Å². The third-order valence-corrected chi connectivity index (χ3v) is 5.01. The molecule has 0 aliphatic carbocycles. The van der Waals surface area contributed by atoms with E-state index in [4.69, 9.17) is 0 Å². The molecule has 4 rings (SSSR count). The molecule has 0 aliphatic rings. The Hall–Kier alpha value is -4.21. The first-order valence-corrected chi connectivity index (χ1v) is 9.97. The highest BCUT2D eigenvalue weighted by Gasteiger charge is 2.13. The van der Waals surface area contributed by atoms with Crippen LogP contribution in [-0.4, -0.2) is 15.7 Å². The lowest BCUT2D eigenvalue weighted by Crippen LogP contribution is -2.23. The summed E-state index contributed by atoms with van der Waals surface area (Å²) in [6.07, 6.45) is -0.174. The van der Waals surface area contributed by atoms with Gasteiger partial charge in [-0.05, 0) is 53.6 Å². The highest BCUT2D eigenvalue weighted by atomic mass is 19.2. The van der Waals surface area contributed by atoms with E-state index in [1.807, 2.05) is 0 Å². The molecule has 1 amide bonds. The second kappa shape index (κ2) is 9.34. The van der Waals surface area contributed by atoms with Crippen LogP contribution in [0.15, 0.2) is 65.5 Å². The number of amides is 1. The number of carbonyl (C=O) groups is 1. The van der Waals surface area contributed by atoms with E-state index in [1.165, 1.54) is 30.3 Å². The Balaban J connectivity index is 1.46. The summed E-state index contributed by atoms with van der Waals surface area (Å²) in [5.41, 5.74) is 0.514. The highest BCUT2D eigenvalue weighted by molar-refractivity contribution is 5.94. The van der Waals surface area contributed by atoms with Crippen LogP contribution in [-0.2, 0) is 13.0 Å². The number of hydrogen-bond donors (Lipinski definition) is 2. The van der Waals surface area contributed by atoms with Crippen LogP contribution in [0, 0.1) is 29.1 Å². The van der Waals surface area contributed by atoms with Crippen LogP contribution in [0.25, 0.3) is 5.69 Å². The van der Waals surface area contributed by atoms with Gasteiger partial charge in [-0.2, -0.15) is 0 Å². The first-order chi connectivity index (χ1) is 16.2. The average Bonchev–Trinajstić information content (AvgIpc) is 3.15. The summed E-state index contributed by atoms with van der Waals surface area (Å²) < 4.78 is 68.1. The Morgan fingerprint density at radius 2 is 1.47 bits per heavy atom. The van der Waals surface area contributed by atoms with Crippen molar-refractivity contribution in [2.45, 2.75) is 13.0 Å². The van der Waals surface area contributed by atoms with Crippen LogP contribution in [0.5, 0.6) is 0 Å². The maximum atomic E-state index is 13.9. The number of nitrogens with one attached hydrogen (secondary N) is 2. The number of carbonyl (C=O) groups excluding carboxylic acids is 1. The minimum atomic E-state index is -1.31. The van der Waals surface area contributed by atoms with Gasteiger partial charge in [0, 0.05) is 42.4 Å². The molecule has 0 aliphatic heterocycles. The fourth-order valence-electron chi connectivity index (χ4n) is 3.39. The Bertz CT molecular complexity index is 1410. The molecule has 5 nitrogen and oxygen atoms in total. The van der Waals surface area contributed by atoms with Crippen molar-refractivity contribution in [1.29, 1.82) is 0 Å². The second-order valence-electron chi connectivity index (χ2n) is 7.50. The zero-order valence-electron chi connectivity index (χ0n) is 17.3. The number of aromatic amines is 1. The first-order valence-electron chi connectivity index (χ1n) is 9.97. The zero-order chi connectivity index (χ0) is 24.4. The summed E-state index contributed by atoms with van der Waals surface area (Å²) in [7, 11) is 0. The van der Waals surface area contributed by atoms with E-state index in [0.717, 1.165) is 28.9 Å². The molecule has 0 spiro atoms. The molecule has 0 fully saturated rings. The van der Waals surface area contributed by atoms with Crippen molar-refractivity contribution >= 4 is 5.91 Å². The molecular weight excluding hydrogens is 457 g/mol. The largest absolute Gasteiger partial charge is 0.348 e. The molecular formula is C24H16F5N3O2. The Labute approximate surface area is 189 Å². The molecule has 10 heteroatoms. The first kappa shape index (κ1) is 23.0. The fraction of sp³-hybridized carbons (Fsp3) is 0.0833. The number of hydrogen-bond acceptors (Lipinski definition) is 2. The van der Waals surface area contributed by atoms with Crippen molar-refractivity contribution in [3.05, 3.63) is 122 Å². The molecule has 0 radical (unpaired) electrons. The van der Waals surface area contributed by atoms with E-state index >= 15 is 0 Å². The van der Waals surface area contributed by atoms with Gasteiger partial charge >= 0.3 is 0 Å². The minimum absolute atomic E-state index is 0.0880. The summed E-state index contributed by atoms with van der Waals surface area (Å²) in [6.45, 7) is -0.0880. The van der Waals surface area contributed by atoms with Crippen molar-refractivity contribution in [1.82, 2.24) is 15.1 Å². The minimum Gasteiger partial charge on any atom is -0.348 e. The Morgan fingerprint density at radius 1 is 0.824 bits per heavy atom. The normalized spacial score (nSPS) is 11.0. The van der Waals surface area contributed by atoms with Gasteiger partial charge in [0.25, 0.3) is 11.5 Å². The lowest BCUT2D eigenvalue weighted by Gasteiger charge is -2.08. The predicted octanol–water partition coefficient (Wildman–Crippen LogP) is 4.38. The number of aromatic nitrogens is 2. The van der Waals surface area contributed by atoms with Crippen LogP contribution in [0.4, 0.5) is 22.0 Å². The molecule has 2 N–H and O–H groups in total. The molecule has 4 aromatic rings. The van der Waals surface area contributed by atoms with Gasteiger partial charge in [0.2, 0.25) is 0 Å². The van der Waals surface area contributed by atoms with E-state index in [0.29, 0.717) is 11.8 Å². The maximum Gasteiger partial charge on any atom is 0.271 e. The molecule has 174 valence electrons. The average molecular weight is 473 g/mol. The monoisotopic (exact) mass is 473 g/mol. The molecule has 0 saturated carbocycles. The third kappa shape index (κ3) is 5.06. The smallest absolute Gasteiger partial charge is 0.271 e. The summed E-state index contributed by atoms with van der Waals surface area (Å²) in [5.74, 6) is -5.45. The van der Waals surface area contributed by atoms with Gasteiger partial charge in [-0.25, -0.2) is 26.6 Å². The Morgan fingerprint density at radius 3 is 2.15 bits per heavy atom. The lowest BCUT2D eigenvalue weighted by atomic mass is 10.1. The lowest BCUT2D eigenvalue weighted by molar-refractivity contribution is 0.0950. The Kier molecular flexibility index (Phi) is 6.31. The molecule has 0 unspecified atom stereocenters. The zero-order valence-corrected chi connectivity index (χ0v) is 17.3. The topological polar surface area (TPSA) is 66.9 Å². The summed E-state index contributed by atoms with van der Waals surface area (Å²) in [5, 5.41) is 5.31. The van der Waals surface area contributed by atoms with Crippen LogP contribution < -0.4 is 10.9 Å². The predicted molar refractivity (Wildman–Crippen MR) is 113 cm³/mol. The second-order valence-corrected chi connectivity index (χ2v) is 7.50. The number of rotatable bonds is 6. The van der Waals surface area contributed by atoms with Gasteiger partial charge in [0.05, 0.1) is 5.69 Å². The molecule has 0 saturated heterocycles. The number of halogens is 5. The van der Waals surface area contributed by atoms with Gasteiger partial charge in [0.1, 0.15) is 17.5 Å². The molecule has 34 heavy (non-hydrogen) atoms. The number of H-pyrrole nitrogens is 1. The molecule has 1 heterocycles. The number of nitrogens with zero attached hydrogens (tertiary/aromatic N) is 1. The van der Waals surface area contributed by atoms with Crippen molar-refractivity contribution in [3.63, 3.8) is 0 Å². The molecule has 1 aromatic heterocycles. The van der Waals surface area contributed by atoms with E-state index in [1.54, 1.807) is 0 Å². The summed E-state index contributed by atoms with van der Waals surface area (Å²) >= 11 is 0. The van der Waals surface area contributed by atoms with Gasteiger partial charge in [-0.3, -0.25) is 14.7 Å². The van der Waals surface area contributed by atoms with Crippen molar-refractivity contribution in [2.24, 2.45) is 0 Å². The van der Waals surface area contributed by atoms with Gasteiger partial charge < -0.3 is 5.32 Å². The van der Waals surface area contributed by atoms with Crippen LogP contribution >= 0.6 is 0 Å². The summed E-state index contributed by atoms with van der Waals surface area (Å²) in [4.78, 5) is 24.7. The van der Waals surface area contributed by atoms with Crippen molar-refractivity contribution < 1.29 is 26.7 Å². The van der Waals surface area contributed by atoms with Crippen molar-refractivity contribution in [3.8, 4) is 5.69 Å². The third-order valence-electron chi connectivity index (χ3n) is 5.01. The van der Waals surface area contributed by atoms with Crippen LogP contribution in [0.3, 0.4) is 0 Å². The van der Waals surface area contributed by atoms with Gasteiger partial charge in [-0.15, -0.1) is 0 Å². The SMILES string of the molecule is O=C(NCc1cc(F)cc(F)c1)c1ccc(-n2[nH]c(Cc3cc(F)c(F)cc3F)cc2=O)cc1. The molecule has 3 aromatic carbocycles. The standard InChI is InChI=1S/C24H16F5N3O2/c25-16-5-13(6-17(26)9-16)12-30-24(34)14-1-3-19(4-2-14)32-23(33)10-18(31-32)7-15-8-21(28)22(29)11-20(15)27/h1-6,8-11,31H,7,12H2,(H,30,34). The van der Waals surface area contributed by atoms with E-state index in [9.17, 15) is 31.5 Å². The summed E-state index contributed by atoms with van der Waals surface area (Å²) in [6, 6.07) is 11.2. The van der Waals surface area contributed by atoms with Crippen molar-refractivity contribution in [2.75, 3.05) is 0 Å². The van der Waals surface area contributed by atoms with Gasteiger partial charge in [0.15, 0.2) is 11.6 Å². The van der Waals surface area contributed by atoms with E-state index in [2.05, 4.69) is 10.4 Å². The van der Waals surface area contributed by atoms with Crippen LogP contribution in [0.2, 0.25) is 0 Å². The van der Waals surface area contributed by atoms with Gasteiger partial charge in [-0.1, -0.05) is 0 Å².